The van der Waals surface area contributed by atoms with E-state index >= 15 is 0 Å². The summed E-state index contributed by atoms with van der Waals surface area (Å²) in [6.45, 7) is 4.49. The molecule has 0 radical (unpaired) electrons. The second-order valence-corrected chi connectivity index (χ2v) is 8.30. The number of unbranched alkanes of at least 4 members (excludes halogenated alkanes) is 6. The molecule has 0 amide bonds. The van der Waals surface area contributed by atoms with Crippen molar-refractivity contribution in [3.63, 3.8) is 0 Å². The monoisotopic (exact) mass is 400 g/mol. The van der Waals surface area contributed by atoms with Crippen LogP contribution >= 0.6 is 0 Å². The number of hydrogen-bond donors (Lipinski definition) is 0. The van der Waals surface area contributed by atoms with Gasteiger partial charge in [0.15, 0.2) is 0 Å². The minimum atomic E-state index is 0.989. The van der Waals surface area contributed by atoms with Crippen LogP contribution in [0, 0.1) is 0 Å². The molecule has 2 heterocycles. The molecule has 2 heteroatoms. The molecule has 0 fully saturated rings. The molecule has 30 heavy (non-hydrogen) atoms. The van der Waals surface area contributed by atoms with Gasteiger partial charge < -0.3 is 0 Å². The fourth-order valence-electron chi connectivity index (χ4n) is 3.79. The van der Waals surface area contributed by atoms with E-state index in [1.807, 2.05) is 12.4 Å². The number of aryl methyl sites for hydroxylation is 2. The van der Waals surface area contributed by atoms with E-state index < -0.39 is 0 Å². The lowest BCUT2D eigenvalue weighted by atomic mass is 10.0. The Labute approximate surface area is 182 Å². The molecular formula is C28H36N2. The zero-order valence-corrected chi connectivity index (χ0v) is 18.7. The third kappa shape index (κ3) is 6.79. The third-order valence-corrected chi connectivity index (χ3v) is 5.77. The highest BCUT2D eigenvalue weighted by Gasteiger charge is 2.04. The maximum atomic E-state index is 4.69. The van der Waals surface area contributed by atoms with Crippen LogP contribution in [0.1, 0.15) is 76.3 Å². The molecule has 0 N–H and O–H groups in total. The van der Waals surface area contributed by atoms with Gasteiger partial charge in [0.05, 0.1) is 11.4 Å². The first kappa shape index (κ1) is 22.2. The van der Waals surface area contributed by atoms with Crippen molar-refractivity contribution in [2.24, 2.45) is 0 Å². The van der Waals surface area contributed by atoms with Gasteiger partial charge in [0.1, 0.15) is 0 Å². The average Bonchev–Trinajstić information content (AvgIpc) is 2.81. The molecule has 0 saturated heterocycles. The maximum absolute atomic E-state index is 4.69. The summed E-state index contributed by atoms with van der Waals surface area (Å²) in [5.74, 6) is 0. The average molecular weight is 401 g/mol. The number of rotatable bonds is 12. The lowest BCUT2D eigenvalue weighted by Gasteiger charge is -2.06. The fourth-order valence-corrected chi connectivity index (χ4v) is 3.79. The quantitative estimate of drug-likeness (QED) is 0.287. The van der Waals surface area contributed by atoms with E-state index in [-0.39, 0.29) is 0 Å². The number of aromatic nitrogens is 2. The van der Waals surface area contributed by atoms with E-state index in [0.29, 0.717) is 0 Å². The molecular weight excluding hydrogens is 364 g/mol. The first-order valence-electron chi connectivity index (χ1n) is 11.8. The van der Waals surface area contributed by atoms with E-state index in [9.17, 15) is 0 Å². The molecule has 0 atom stereocenters. The highest BCUT2D eigenvalue weighted by atomic mass is 14.7. The van der Waals surface area contributed by atoms with Crippen molar-refractivity contribution in [1.82, 2.24) is 9.97 Å². The van der Waals surface area contributed by atoms with E-state index in [2.05, 4.69) is 67.4 Å². The van der Waals surface area contributed by atoms with E-state index in [1.165, 1.54) is 74.5 Å². The molecule has 0 aliphatic heterocycles. The van der Waals surface area contributed by atoms with Crippen molar-refractivity contribution in [2.45, 2.75) is 78.1 Å². The SMILES string of the molecule is CCCCCCCCc1ccc(-c2ccc(-c3ccc(CCCC)cn3)cn2)cc1. The fraction of sp³-hybridized carbons (Fsp3) is 0.429. The van der Waals surface area contributed by atoms with Crippen molar-refractivity contribution >= 4 is 0 Å². The van der Waals surface area contributed by atoms with Crippen LogP contribution in [0.5, 0.6) is 0 Å². The summed E-state index contributed by atoms with van der Waals surface area (Å²) in [6.07, 6.45) is 16.7. The van der Waals surface area contributed by atoms with Crippen LogP contribution in [0.4, 0.5) is 0 Å². The molecule has 0 unspecified atom stereocenters. The minimum absolute atomic E-state index is 0.989. The minimum Gasteiger partial charge on any atom is -0.256 e. The first-order valence-corrected chi connectivity index (χ1v) is 11.8. The van der Waals surface area contributed by atoms with Crippen LogP contribution in [-0.2, 0) is 12.8 Å². The summed E-state index contributed by atoms with van der Waals surface area (Å²) in [6, 6.07) is 17.4. The van der Waals surface area contributed by atoms with Crippen LogP contribution in [0.2, 0.25) is 0 Å². The summed E-state index contributed by atoms with van der Waals surface area (Å²) in [5.41, 5.74) is 6.99. The Morgan fingerprint density at radius 2 is 1.07 bits per heavy atom. The summed E-state index contributed by atoms with van der Waals surface area (Å²) in [7, 11) is 0. The van der Waals surface area contributed by atoms with Gasteiger partial charge in [-0.2, -0.15) is 0 Å². The second kappa shape index (κ2) is 12.3. The van der Waals surface area contributed by atoms with E-state index in [1.54, 1.807) is 0 Å². The molecule has 0 saturated carbocycles. The van der Waals surface area contributed by atoms with Gasteiger partial charge in [0.2, 0.25) is 0 Å². The highest BCUT2D eigenvalue weighted by molar-refractivity contribution is 5.64. The summed E-state index contributed by atoms with van der Waals surface area (Å²) in [5, 5.41) is 0. The lowest BCUT2D eigenvalue weighted by Crippen LogP contribution is -1.91. The Bertz CT molecular complexity index is 849. The normalized spacial score (nSPS) is 11.0. The Morgan fingerprint density at radius 1 is 0.500 bits per heavy atom. The van der Waals surface area contributed by atoms with E-state index in [0.717, 1.165) is 23.4 Å². The van der Waals surface area contributed by atoms with Gasteiger partial charge >= 0.3 is 0 Å². The van der Waals surface area contributed by atoms with Crippen molar-refractivity contribution in [2.75, 3.05) is 0 Å². The van der Waals surface area contributed by atoms with Crippen molar-refractivity contribution < 1.29 is 0 Å². The topological polar surface area (TPSA) is 25.8 Å². The Morgan fingerprint density at radius 3 is 1.73 bits per heavy atom. The number of nitrogens with zero attached hydrogens (tertiary/aromatic N) is 2. The number of hydrogen-bond acceptors (Lipinski definition) is 2. The summed E-state index contributed by atoms with van der Waals surface area (Å²) < 4.78 is 0. The van der Waals surface area contributed by atoms with E-state index in [4.69, 9.17) is 4.98 Å². The summed E-state index contributed by atoms with van der Waals surface area (Å²) >= 11 is 0. The molecule has 0 aliphatic carbocycles. The lowest BCUT2D eigenvalue weighted by molar-refractivity contribution is 0.607. The second-order valence-electron chi connectivity index (χ2n) is 8.30. The Hall–Kier alpha value is -2.48. The Kier molecular flexibility index (Phi) is 9.08. The van der Waals surface area contributed by atoms with Gasteiger partial charge in [0, 0.05) is 23.5 Å². The standard InChI is InChI=1S/C28H36N2/c1-3-5-7-8-9-10-12-23-13-16-25(17-14-23)27-20-18-26(22-30-27)28-19-15-24(21-29-28)11-6-4-2/h13-22H,3-12H2,1-2H3. The third-order valence-electron chi connectivity index (χ3n) is 5.77. The molecule has 158 valence electrons. The number of benzene rings is 1. The van der Waals surface area contributed by atoms with Crippen LogP contribution in [0.25, 0.3) is 22.5 Å². The largest absolute Gasteiger partial charge is 0.256 e. The van der Waals surface area contributed by atoms with Crippen molar-refractivity contribution in [3.05, 3.63) is 72.1 Å². The predicted octanol–water partition coefficient (Wildman–Crippen LogP) is 8.06. The van der Waals surface area contributed by atoms with Crippen LogP contribution < -0.4 is 0 Å². The van der Waals surface area contributed by atoms with Gasteiger partial charge in [0.25, 0.3) is 0 Å². The zero-order valence-electron chi connectivity index (χ0n) is 18.7. The molecule has 2 aromatic heterocycles. The smallest absolute Gasteiger partial charge is 0.0717 e. The van der Waals surface area contributed by atoms with Crippen LogP contribution in [0.3, 0.4) is 0 Å². The van der Waals surface area contributed by atoms with Gasteiger partial charge in [-0.25, -0.2) is 0 Å². The predicted molar refractivity (Wildman–Crippen MR) is 129 cm³/mol. The molecule has 0 bridgehead atoms. The zero-order chi connectivity index (χ0) is 21.0. The molecule has 0 aliphatic rings. The van der Waals surface area contributed by atoms with Gasteiger partial charge in [-0.15, -0.1) is 0 Å². The van der Waals surface area contributed by atoms with Gasteiger partial charge in [-0.1, -0.05) is 82.7 Å². The van der Waals surface area contributed by atoms with Gasteiger partial charge in [-0.3, -0.25) is 9.97 Å². The molecule has 0 spiro atoms. The summed E-state index contributed by atoms with van der Waals surface area (Å²) in [4.78, 5) is 9.32. The maximum Gasteiger partial charge on any atom is 0.0717 e. The molecule has 3 rings (SSSR count). The van der Waals surface area contributed by atoms with Crippen molar-refractivity contribution in [3.8, 4) is 22.5 Å². The van der Waals surface area contributed by atoms with Crippen LogP contribution in [0.15, 0.2) is 60.9 Å². The number of pyridine rings is 2. The first-order chi connectivity index (χ1) is 14.8. The van der Waals surface area contributed by atoms with Crippen molar-refractivity contribution in [1.29, 1.82) is 0 Å². The highest BCUT2D eigenvalue weighted by Crippen LogP contribution is 2.22. The Balaban J connectivity index is 1.54. The molecule has 2 nitrogen and oxygen atoms in total. The van der Waals surface area contributed by atoms with Crippen LogP contribution in [-0.4, -0.2) is 9.97 Å². The molecule has 1 aromatic carbocycles. The van der Waals surface area contributed by atoms with Gasteiger partial charge in [-0.05, 0) is 55.0 Å². The molecule has 3 aromatic rings.